The molecule has 0 radical (unpaired) electrons. The first-order chi connectivity index (χ1) is 9.11. The highest BCUT2D eigenvalue weighted by Gasteiger charge is 2.21. The van der Waals surface area contributed by atoms with Crippen LogP contribution >= 0.6 is 0 Å². The Kier molecular flexibility index (Phi) is 4.40. The number of ether oxygens (including phenoxy) is 1. The SMILES string of the molecule is N#Cc1ccccc1OCCN1CCS(=O)(=O)CC1. The van der Waals surface area contributed by atoms with E-state index in [0.717, 1.165) is 0 Å². The largest absolute Gasteiger partial charge is 0.491 e. The van der Waals surface area contributed by atoms with Crippen LogP contribution in [0.5, 0.6) is 5.75 Å². The second-order valence-electron chi connectivity index (χ2n) is 4.45. The Labute approximate surface area is 113 Å². The van der Waals surface area contributed by atoms with Crippen molar-refractivity contribution in [2.24, 2.45) is 0 Å². The lowest BCUT2D eigenvalue weighted by Gasteiger charge is -2.26. The van der Waals surface area contributed by atoms with Crippen LogP contribution < -0.4 is 4.74 Å². The molecule has 0 amide bonds. The van der Waals surface area contributed by atoms with Gasteiger partial charge in [0.25, 0.3) is 0 Å². The van der Waals surface area contributed by atoms with Crippen molar-refractivity contribution in [3.8, 4) is 11.8 Å². The predicted molar refractivity (Wildman–Crippen MR) is 71.7 cm³/mol. The quantitative estimate of drug-likeness (QED) is 0.810. The molecular formula is C13H16N2O3S. The Bertz CT molecular complexity index is 564. The summed E-state index contributed by atoms with van der Waals surface area (Å²) >= 11 is 0. The monoisotopic (exact) mass is 280 g/mol. The summed E-state index contributed by atoms with van der Waals surface area (Å²) in [7, 11) is -2.83. The van der Waals surface area contributed by atoms with Gasteiger partial charge < -0.3 is 4.74 Å². The maximum absolute atomic E-state index is 11.3. The van der Waals surface area contributed by atoms with Crippen LogP contribution in [-0.4, -0.2) is 51.1 Å². The van der Waals surface area contributed by atoms with E-state index < -0.39 is 9.84 Å². The van der Waals surface area contributed by atoms with Gasteiger partial charge in [0.1, 0.15) is 18.4 Å². The third kappa shape index (κ3) is 3.94. The number of hydrogen-bond acceptors (Lipinski definition) is 5. The van der Waals surface area contributed by atoms with Gasteiger partial charge in [0, 0.05) is 19.6 Å². The summed E-state index contributed by atoms with van der Waals surface area (Å²) in [5.74, 6) is 1.03. The summed E-state index contributed by atoms with van der Waals surface area (Å²) in [6, 6.07) is 9.17. The minimum atomic E-state index is -2.83. The van der Waals surface area contributed by atoms with Crippen LogP contribution in [0.15, 0.2) is 24.3 Å². The highest BCUT2D eigenvalue weighted by atomic mass is 32.2. The molecule has 19 heavy (non-hydrogen) atoms. The molecule has 2 rings (SSSR count). The number of nitrogens with zero attached hydrogens (tertiary/aromatic N) is 2. The minimum Gasteiger partial charge on any atom is -0.491 e. The zero-order chi connectivity index (χ0) is 13.7. The van der Waals surface area contributed by atoms with E-state index >= 15 is 0 Å². The van der Waals surface area contributed by atoms with Crippen molar-refractivity contribution >= 4 is 9.84 Å². The zero-order valence-corrected chi connectivity index (χ0v) is 11.4. The number of para-hydroxylation sites is 1. The van der Waals surface area contributed by atoms with Crippen molar-refractivity contribution < 1.29 is 13.2 Å². The van der Waals surface area contributed by atoms with E-state index in [1.165, 1.54) is 0 Å². The molecule has 1 aromatic rings. The molecule has 0 spiro atoms. The Balaban J connectivity index is 1.80. The van der Waals surface area contributed by atoms with Crippen molar-refractivity contribution in [1.82, 2.24) is 4.90 Å². The van der Waals surface area contributed by atoms with E-state index in [0.29, 0.717) is 37.6 Å². The molecule has 0 N–H and O–H groups in total. The molecule has 0 aliphatic carbocycles. The fourth-order valence-corrected chi connectivity index (χ4v) is 3.22. The smallest absolute Gasteiger partial charge is 0.152 e. The third-order valence-corrected chi connectivity index (χ3v) is 4.72. The maximum atomic E-state index is 11.3. The molecule has 0 unspecified atom stereocenters. The predicted octanol–water partition coefficient (Wildman–Crippen LogP) is 0.667. The molecule has 1 saturated heterocycles. The number of hydrogen-bond donors (Lipinski definition) is 0. The van der Waals surface area contributed by atoms with Gasteiger partial charge in [-0.15, -0.1) is 0 Å². The van der Waals surface area contributed by atoms with Crippen molar-refractivity contribution in [3.63, 3.8) is 0 Å². The average molecular weight is 280 g/mol. The molecule has 0 aromatic heterocycles. The highest BCUT2D eigenvalue weighted by molar-refractivity contribution is 7.91. The zero-order valence-electron chi connectivity index (χ0n) is 10.6. The fourth-order valence-electron chi connectivity index (χ4n) is 1.94. The first kappa shape index (κ1) is 13.8. The second-order valence-corrected chi connectivity index (χ2v) is 6.75. The van der Waals surface area contributed by atoms with Crippen molar-refractivity contribution in [1.29, 1.82) is 5.26 Å². The summed E-state index contributed by atoms with van der Waals surface area (Å²) in [6.07, 6.45) is 0. The van der Waals surface area contributed by atoms with Gasteiger partial charge in [-0.2, -0.15) is 5.26 Å². The normalized spacial score (nSPS) is 18.7. The highest BCUT2D eigenvalue weighted by Crippen LogP contribution is 2.16. The first-order valence-electron chi connectivity index (χ1n) is 6.15. The van der Waals surface area contributed by atoms with Crippen molar-refractivity contribution in [2.45, 2.75) is 0 Å². The average Bonchev–Trinajstić information content (AvgIpc) is 2.41. The van der Waals surface area contributed by atoms with E-state index in [2.05, 4.69) is 11.0 Å². The molecule has 1 aliphatic heterocycles. The second kappa shape index (κ2) is 6.04. The van der Waals surface area contributed by atoms with Gasteiger partial charge in [0.2, 0.25) is 0 Å². The lowest BCUT2D eigenvalue weighted by Crippen LogP contribution is -2.42. The summed E-state index contributed by atoms with van der Waals surface area (Å²) < 4.78 is 28.1. The van der Waals surface area contributed by atoms with Crippen LogP contribution in [0.2, 0.25) is 0 Å². The van der Waals surface area contributed by atoms with Gasteiger partial charge in [-0.25, -0.2) is 8.42 Å². The van der Waals surface area contributed by atoms with Gasteiger partial charge in [0.05, 0.1) is 17.1 Å². The van der Waals surface area contributed by atoms with E-state index in [1.807, 2.05) is 6.07 Å². The molecule has 0 saturated carbocycles. The first-order valence-corrected chi connectivity index (χ1v) is 7.97. The van der Waals surface area contributed by atoms with Crippen LogP contribution in [0.25, 0.3) is 0 Å². The third-order valence-electron chi connectivity index (χ3n) is 3.11. The standard InChI is InChI=1S/C13H16N2O3S/c14-11-12-3-1-2-4-13(12)18-8-5-15-6-9-19(16,17)10-7-15/h1-4H,5-10H2. The van der Waals surface area contributed by atoms with Gasteiger partial charge in [-0.05, 0) is 12.1 Å². The van der Waals surface area contributed by atoms with Crippen LogP contribution in [0.1, 0.15) is 5.56 Å². The molecule has 1 fully saturated rings. The van der Waals surface area contributed by atoms with Gasteiger partial charge >= 0.3 is 0 Å². The molecule has 1 heterocycles. The molecular weight excluding hydrogens is 264 g/mol. The Hall–Kier alpha value is -1.58. The van der Waals surface area contributed by atoms with Gasteiger partial charge in [0.15, 0.2) is 9.84 Å². The van der Waals surface area contributed by atoms with Crippen molar-refractivity contribution in [2.75, 3.05) is 37.7 Å². The van der Waals surface area contributed by atoms with Gasteiger partial charge in [-0.3, -0.25) is 4.90 Å². The topological polar surface area (TPSA) is 70.4 Å². The molecule has 5 nitrogen and oxygen atoms in total. The molecule has 1 aromatic carbocycles. The molecule has 1 aliphatic rings. The minimum absolute atomic E-state index is 0.224. The number of nitriles is 1. The Morgan fingerprint density at radius 3 is 2.63 bits per heavy atom. The molecule has 0 bridgehead atoms. The summed E-state index contributed by atoms with van der Waals surface area (Å²) in [5, 5.41) is 8.92. The summed E-state index contributed by atoms with van der Waals surface area (Å²) in [5.41, 5.74) is 0.517. The number of benzene rings is 1. The van der Waals surface area contributed by atoms with Crippen molar-refractivity contribution in [3.05, 3.63) is 29.8 Å². The summed E-state index contributed by atoms with van der Waals surface area (Å²) in [4.78, 5) is 2.07. The number of rotatable bonds is 4. The van der Waals surface area contributed by atoms with E-state index in [9.17, 15) is 8.42 Å². The molecule has 102 valence electrons. The molecule has 0 atom stereocenters. The lowest BCUT2D eigenvalue weighted by atomic mass is 10.2. The lowest BCUT2D eigenvalue weighted by molar-refractivity contribution is 0.219. The fraction of sp³-hybridized carbons (Fsp3) is 0.462. The molecule has 6 heteroatoms. The Morgan fingerprint density at radius 2 is 1.95 bits per heavy atom. The van der Waals surface area contributed by atoms with E-state index in [4.69, 9.17) is 10.00 Å². The van der Waals surface area contributed by atoms with Gasteiger partial charge in [-0.1, -0.05) is 12.1 Å². The van der Waals surface area contributed by atoms with Crippen LogP contribution in [-0.2, 0) is 9.84 Å². The van der Waals surface area contributed by atoms with Crippen LogP contribution in [0, 0.1) is 11.3 Å². The van der Waals surface area contributed by atoms with Crippen LogP contribution in [0.3, 0.4) is 0 Å². The van der Waals surface area contributed by atoms with E-state index in [-0.39, 0.29) is 11.5 Å². The summed E-state index contributed by atoms with van der Waals surface area (Å²) in [6.45, 7) is 2.26. The number of sulfone groups is 1. The maximum Gasteiger partial charge on any atom is 0.152 e. The van der Waals surface area contributed by atoms with Crippen LogP contribution in [0.4, 0.5) is 0 Å². The Morgan fingerprint density at radius 1 is 1.26 bits per heavy atom. The van der Waals surface area contributed by atoms with E-state index in [1.54, 1.807) is 18.2 Å².